The summed E-state index contributed by atoms with van der Waals surface area (Å²) >= 11 is 0. The number of nitrogens with one attached hydrogen (secondary N) is 2. The number of hydrogen-bond acceptors (Lipinski definition) is 3. The van der Waals surface area contributed by atoms with Crippen molar-refractivity contribution in [1.82, 2.24) is 10.6 Å². The number of carbonyl (C=O) groups is 1. The zero-order chi connectivity index (χ0) is 17.3. The Bertz CT molecular complexity index is 415. The fourth-order valence-corrected chi connectivity index (χ4v) is 3.37. The molecule has 23 heavy (non-hydrogen) atoms. The number of alkyl halides is 3. The van der Waals surface area contributed by atoms with Gasteiger partial charge in [-0.25, -0.2) is 4.79 Å². The van der Waals surface area contributed by atoms with Crippen LogP contribution in [0.2, 0.25) is 0 Å². The maximum atomic E-state index is 13.1. The molecule has 2 N–H and O–H groups in total. The number of halogens is 3. The first-order valence-corrected chi connectivity index (χ1v) is 8.37. The predicted octanol–water partition coefficient (Wildman–Crippen LogP) is 3.75. The van der Waals surface area contributed by atoms with E-state index in [1.807, 2.05) is 0 Å². The van der Waals surface area contributed by atoms with E-state index in [1.165, 1.54) is 0 Å². The highest BCUT2D eigenvalue weighted by Gasteiger charge is 2.46. The van der Waals surface area contributed by atoms with E-state index in [0.29, 0.717) is 25.7 Å². The molecule has 134 valence electrons. The Hall–Kier alpha value is -0.980. The summed E-state index contributed by atoms with van der Waals surface area (Å²) in [6.07, 6.45) is -1.01. The molecule has 0 spiro atoms. The van der Waals surface area contributed by atoms with Gasteiger partial charge in [0.2, 0.25) is 0 Å². The summed E-state index contributed by atoms with van der Waals surface area (Å²) < 4.78 is 44.3. The van der Waals surface area contributed by atoms with Gasteiger partial charge in [0, 0.05) is 18.1 Å². The molecule has 0 saturated heterocycles. The van der Waals surface area contributed by atoms with E-state index in [-0.39, 0.29) is 18.5 Å². The first-order valence-electron chi connectivity index (χ1n) is 8.37. The second kappa shape index (κ2) is 6.87. The van der Waals surface area contributed by atoms with Gasteiger partial charge in [0.1, 0.15) is 5.60 Å². The maximum absolute atomic E-state index is 13.1. The van der Waals surface area contributed by atoms with Gasteiger partial charge < -0.3 is 15.4 Å². The van der Waals surface area contributed by atoms with E-state index in [9.17, 15) is 18.0 Å². The van der Waals surface area contributed by atoms with Crippen molar-refractivity contribution in [2.24, 2.45) is 5.92 Å². The van der Waals surface area contributed by atoms with Crippen molar-refractivity contribution in [3.63, 3.8) is 0 Å². The number of rotatable bonds is 3. The van der Waals surface area contributed by atoms with E-state index >= 15 is 0 Å². The van der Waals surface area contributed by atoms with Gasteiger partial charge in [-0.15, -0.1) is 0 Å². The van der Waals surface area contributed by atoms with Crippen LogP contribution in [0.3, 0.4) is 0 Å². The Labute approximate surface area is 135 Å². The highest BCUT2D eigenvalue weighted by atomic mass is 19.4. The van der Waals surface area contributed by atoms with Gasteiger partial charge in [0.25, 0.3) is 0 Å². The van der Waals surface area contributed by atoms with Gasteiger partial charge >= 0.3 is 12.3 Å². The number of hydrogen-bond donors (Lipinski definition) is 2. The van der Waals surface area contributed by atoms with E-state index in [4.69, 9.17) is 4.74 Å². The van der Waals surface area contributed by atoms with Crippen LogP contribution in [-0.4, -0.2) is 36.0 Å². The molecule has 2 aliphatic rings. The molecule has 1 amide bonds. The van der Waals surface area contributed by atoms with Crippen LogP contribution in [-0.2, 0) is 4.74 Å². The lowest BCUT2D eigenvalue weighted by Gasteiger charge is -2.42. The quantitative estimate of drug-likeness (QED) is 0.825. The van der Waals surface area contributed by atoms with Crippen molar-refractivity contribution >= 4 is 6.09 Å². The molecule has 0 radical (unpaired) electrons. The Kier molecular flexibility index (Phi) is 5.48. The Morgan fingerprint density at radius 3 is 2.22 bits per heavy atom. The van der Waals surface area contributed by atoms with E-state index in [1.54, 1.807) is 20.8 Å². The first-order chi connectivity index (χ1) is 10.5. The summed E-state index contributed by atoms with van der Waals surface area (Å²) in [5.41, 5.74) is -0.548. The fourth-order valence-electron chi connectivity index (χ4n) is 3.37. The highest BCUT2D eigenvalue weighted by Crippen LogP contribution is 2.38. The zero-order valence-corrected chi connectivity index (χ0v) is 14.0. The van der Waals surface area contributed by atoms with Crippen LogP contribution in [0.15, 0.2) is 0 Å². The Balaban J connectivity index is 1.74. The second-order valence-electron chi connectivity index (χ2n) is 7.72. The maximum Gasteiger partial charge on any atom is 0.407 e. The molecule has 2 aliphatic carbocycles. The molecule has 0 aromatic carbocycles. The van der Waals surface area contributed by atoms with Crippen LogP contribution in [0.5, 0.6) is 0 Å². The molecule has 2 atom stereocenters. The molecule has 0 aromatic heterocycles. The average Bonchev–Trinajstić information content (AvgIpc) is 2.33. The molecule has 2 saturated carbocycles. The molecule has 2 unspecified atom stereocenters. The summed E-state index contributed by atoms with van der Waals surface area (Å²) in [6.45, 7) is 5.37. The molecular formula is C16H27F3N2O2. The third-order valence-corrected chi connectivity index (χ3v) is 4.50. The van der Waals surface area contributed by atoms with E-state index in [0.717, 1.165) is 6.42 Å². The summed E-state index contributed by atoms with van der Waals surface area (Å²) in [6, 6.07) is -0.464. The van der Waals surface area contributed by atoms with Crippen molar-refractivity contribution < 1.29 is 22.7 Å². The van der Waals surface area contributed by atoms with Crippen LogP contribution in [0.25, 0.3) is 0 Å². The van der Waals surface area contributed by atoms with Gasteiger partial charge in [0.05, 0.1) is 5.92 Å². The van der Waals surface area contributed by atoms with E-state index in [2.05, 4.69) is 10.6 Å². The fraction of sp³-hybridized carbons (Fsp3) is 0.938. The van der Waals surface area contributed by atoms with Crippen molar-refractivity contribution in [2.75, 3.05) is 0 Å². The monoisotopic (exact) mass is 336 g/mol. The minimum atomic E-state index is -4.13. The Morgan fingerprint density at radius 1 is 1.04 bits per heavy atom. The minimum absolute atomic E-state index is 0.0183. The molecule has 7 heteroatoms. The molecular weight excluding hydrogens is 309 g/mol. The van der Waals surface area contributed by atoms with Crippen LogP contribution >= 0.6 is 0 Å². The Morgan fingerprint density at radius 2 is 1.65 bits per heavy atom. The summed E-state index contributed by atoms with van der Waals surface area (Å²) in [4.78, 5) is 11.6. The van der Waals surface area contributed by atoms with Crippen molar-refractivity contribution in [3.8, 4) is 0 Å². The van der Waals surface area contributed by atoms with Crippen LogP contribution in [0.4, 0.5) is 18.0 Å². The number of amides is 1. The molecule has 0 aromatic rings. The number of carbonyl (C=O) groups excluding carboxylic acids is 1. The number of ether oxygens (including phenoxy) is 1. The topological polar surface area (TPSA) is 50.4 Å². The lowest BCUT2D eigenvalue weighted by atomic mass is 9.80. The summed E-state index contributed by atoms with van der Waals surface area (Å²) in [7, 11) is 0. The average molecular weight is 336 g/mol. The van der Waals surface area contributed by atoms with Crippen LogP contribution in [0, 0.1) is 5.92 Å². The van der Waals surface area contributed by atoms with Crippen molar-refractivity contribution in [3.05, 3.63) is 0 Å². The standard InChI is InChI=1S/C16H27F3N2O2/c1-15(2,3)23-14(22)21-11-8-10(9-11)20-13-7-5-4-6-12(13)16(17,18)19/h10-13,20H,4-9H2,1-3H3,(H,21,22). The summed E-state index contributed by atoms with van der Waals surface area (Å²) in [5.74, 6) is -1.24. The molecule has 0 bridgehead atoms. The van der Waals surface area contributed by atoms with Gasteiger partial charge in [0.15, 0.2) is 0 Å². The van der Waals surface area contributed by atoms with Crippen molar-refractivity contribution in [2.45, 2.75) is 89.2 Å². The summed E-state index contributed by atoms with van der Waals surface area (Å²) in [5, 5.41) is 5.91. The van der Waals surface area contributed by atoms with E-state index < -0.39 is 29.8 Å². The third-order valence-electron chi connectivity index (χ3n) is 4.50. The predicted molar refractivity (Wildman–Crippen MR) is 81.1 cm³/mol. The molecule has 2 rings (SSSR count). The van der Waals surface area contributed by atoms with Gasteiger partial charge in [-0.05, 0) is 46.5 Å². The molecule has 2 fully saturated rings. The minimum Gasteiger partial charge on any atom is -0.444 e. The number of alkyl carbamates (subject to hydrolysis) is 1. The van der Waals surface area contributed by atoms with Gasteiger partial charge in [-0.3, -0.25) is 0 Å². The zero-order valence-electron chi connectivity index (χ0n) is 14.0. The molecule has 0 heterocycles. The molecule has 0 aliphatic heterocycles. The van der Waals surface area contributed by atoms with Gasteiger partial charge in [-0.1, -0.05) is 12.8 Å². The van der Waals surface area contributed by atoms with Gasteiger partial charge in [-0.2, -0.15) is 13.2 Å². The van der Waals surface area contributed by atoms with Crippen molar-refractivity contribution in [1.29, 1.82) is 0 Å². The highest BCUT2D eigenvalue weighted by molar-refractivity contribution is 5.68. The SMILES string of the molecule is CC(C)(C)OC(=O)NC1CC(NC2CCCCC2C(F)(F)F)C1. The third kappa shape index (κ3) is 5.55. The largest absolute Gasteiger partial charge is 0.444 e. The first kappa shape index (κ1) is 18.4. The molecule has 4 nitrogen and oxygen atoms in total. The normalized spacial score (nSPS) is 32.1. The lowest BCUT2D eigenvalue weighted by Crippen LogP contribution is -2.58. The lowest BCUT2D eigenvalue weighted by molar-refractivity contribution is -0.190. The van der Waals surface area contributed by atoms with Crippen LogP contribution < -0.4 is 10.6 Å². The second-order valence-corrected chi connectivity index (χ2v) is 7.72. The smallest absolute Gasteiger partial charge is 0.407 e. The van der Waals surface area contributed by atoms with Crippen LogP contribution in [0.1, 0.15) is 59.3 Å².